The molecule has 0 bridgehead atoms. The van der Waals surface area contributed by atoms with Crippen molar-refractivity contribution in [1.82, 2.24) is 9.80 Å². The van der Waals surface area contributed by atoms with Crippen LogP contribution in [0.5, 0.6) is 0 Å². The molecule has 1 N–H and O–H groups in total. The van der Waals surface area contributed by atoms with E-state index in [1.165, 1.54) is 19.1 Å². The Balaban J connectivity index is 2.68. The van der Waals surface area contributed by atoms with Crippen LogP contribution >= 0.6 is 0 Å². The van der Waals surface area contributed by atoms with Crippen LogP contribution in [0.1, 0.15) is 0 Å². The molecule has 1 aliphatic rings. The van der Waals surface area contributed by atoms with Gasteiger partial charge in [-0.3, -0.25) is 4.79 Å². The molecule has 1 aliphatic heterocycles. The van der Waals surface area contributed by atoms with Gasteiger partial charge in [0.05, 0.1) is 26.9 Å². The number of carboxylic acids is 1. The lowest BCUT2D eigenvalue weighted by Gasteiger charge is -2.34. The molecule has 9 heteroatoms. The number of methoxy groups -OCH3 is 2. The molecule has 2 amide bonds. The molecule has 1 unspecified atom stereocenters. The Labute approximate surface area is 122 Å². The average Bonchev–Trinajstić information content (AvgIpc) is 2.49. The molecule has 1 atom stereocenters. The van der Waals surface area contributed by atoms with Gasteiger partial charge in [0, 0.05) is 20.2 Å². The summed E-state index contributed by atoms with van der Waals surface area (Å²) in [4.78, 5) is 37.1. The van der Waals surface area contributed by atoms with Gasteiger partial charge < -0.3 is 29.1 Å². The maximum atomic E-state index is 12.3. The Kier molecular flexibility index (Phi) is 6.89. The normalized spacial score (nSPS) is 18.2. The Hall–Kier alpha value is -1.87. The third-order valence-corrected chi connectivity index (χ3v) is 2.96. The molecular formula is C12H20N2O7. The highest BCUT2D eigenvalue weighted by Gasteiger charge is 2.32. The van der Waals surface area contributed by atoms with Crippen molar-refractivity contribution in [2.75, 3.05) is 53.6 Å². The molecule has 0 aromatic rings. The zero-order chi connectivity index (χ0) is 15.8. The van der Waals surface area contributed by atoms with Gasteiger partial charge in [0.15, 0.2) is 6.10 Å². The zero-order valence-electron chi connectivity index (χ0n) is 12.1. The molecular weight excluding hydrogens is 284 g/mol. The second-order valence-electron chi connectivity index (χ2n) is 4.42. The van der Waals surface area contributed by atoms with E-state index in [1.54, 1.807) is 0 Å². The number of esters is 1. The van der Waals surface area contributed by atoms with E-state index in [-0.39, 0.29) is 32.8 Å². The van der Waals surface area contributed by atoms with E-state index in [0.29, 0.717) is 0 Å². The number of hydrogen-bond acceptors (Lipinski definition) is 6. The van der Waals surface area contributed by atoms with Crippen LogP contribution in [0.25, 0.3) is 0 Å². The van der Waals surface area contributed by atoms with Gasteiger partial charge in [-0.15, -0.1) is 0 Å². The van der Waals surface area contributed by atoms with Crippen LogP contribution in [0.15, 0.2) is 0 Å². The van der Waals surface area contributed by atoms with Crippen LogP contribution < -0.4 is 0 Å². The lowest BCUT2D eigenvalue weighted by molar-refractivity contribution is -0.158. The third-order valence-electron chi connectivity index (χ3n) is 2.96. The van der Waals surface area contributed by atoms with Crippen LogP contribution in [0.3, 0.4) is 0 Å². The Morgan fingerprint density at radius 2 is 2.10 bits per heavy atom. The molecule has 0 aromatic heterocycles. The molecule has 120 valence electrons. The number of carboxylic acid groups (broad SMARTS) is 1. The highest BCUT2D eigenvalue weighted by molar-refractivity contribution is 5.81. The number of carbonyl (C=O) groups excluding carboxylic acids is 2. The second-order valence-corrected chi connectivity index (χ2v) is 4.42. The van der Waals surface area contributed by atoms with E-state index >= 15 is 0 Å². The highest BCUT2D eigenvalue weighted by Crippen LogP contribution is 2.10. The molecule has 1 heterocycles. The molecule has 9 nitrogen and oxygen atoms in total. The lowest BCUT2D eigenvalue weighted by atomic mass is 10.3. The fourth-order valence-corrected chi connectivity index (χ4v) is 1.90. The molecule has 1 fully saturated rings. The first-order valence-corrected chi connectivity index (χ1v) is 6.43. The number of rotatable bonds is 6. The van der Waals surface area contributed by atoms with Crippen LogP contribution in [-0.4, -0.2) is 92.6 Å². The minimum Gasteiger partial charge on any atom is -0.480 e. The van der Waals surface area contributed by atoms with E-state index in [9.17, 15) is 14.4 Å². The van der Waals surface area contributed by atoms with Crippen LogP contribution in [0, 0.1) is 0 Å². The van der Waals surface area contributed by atoms with Gasteiger partial charge in [-0.25, -0.2) is 9.59 Å². The van der Waals surface area contributed by atoms with Crippen molar-refractivity contribution >= 4 is 18.0 Å². The van der Waals surface area contributed by atoms with Gasteiger partial charge in [-0.05, 0) is 0 Å². The van der Waals surface area contributed by atoms with Gasteiger partial charge >= 0.3 is 18.0 Å². The van der Waals surface area contributed by atoms with Gasteiger partial charge in [0.2, 0.25) is 0 Å². The van der Waals surface area contributed by atoms with E-state index in [1.807, 2.05) is 0 Å². The van der Waals surface area contributed by atoms with Crippen molar-refractivity contribution in [3.05, 3.63) is 0 Å². The van der Waals surface area contributed by atoms with Crippen molar-refractivity contribution < 1.29 is 33.7 Å². The Morgan fingerprint density at radius 1 is 1.38 bits per heavy atom. The minimum absolute atomic E-state index is 0.0363. The monoisotopic (exact) mass is 304 g/mol. The first-order chi connectivity index (χ1) is 9.99. The maximum Gasteiger partial charge on any atom is 0.336 e. The third kappa shape index (κ3) is 5.20. The molecule has 0 spiro atoms. The fourth-order valence-electron chi connectivity index (χ4n) is 1.90. The molecule has 1 saturated heterocycles. The van der Waals surface area contributed by atoms with Crippen LogP contribution in [-0.2, 0) is 23.8 Å². The summed E-state index contributed by atoms with van der Waals surface area (Å²) in [6.45, 7) is 0.467. The smallest absolute Gasteiger partial charge is 0.336 e. The maximum absolute atomic E-state index is 12.3. The van der Waals surface area contributed by atoms with Gasteiger partial charge in [-0.1, -0.05) is 0 Å². The summed E-state index contributed by atoms with van der Waals surface area (Å²) in [5, 5.41) is 8.86. The predicted molar refractivity (Wildman–Crippen MR) is 69.8 cm³/mol. The number of ether oxygens (including phenoxy) is 3. The van der Waals surface area contributed by atoms with Crippen molar-refractivity contribution in [2.24, 2.45) is 0 Å². The molecule has 21 heavy (non-hydrogen) atoms. The second kappa shape index (κ2) is 8.42. The first-order valence-electron chi connectivity index (χ1n) is 6.43. The summed E-state index contributed by atoms with van der Waals surface area (Å²) >= 11 is 0. The van der Waals surface area contributed by atoms with E-state index in [0.717, 1.165) is 4.90 Å². The predicted octanol–water partition coefficient (Wildman–Crippen LogP) is -0.987. The molecule has 0 aliphatic carbocycles. The summed E-state index contributed by atoms with van der Waals surface area (Å²) in [5.41, 5.74) is 0. The van der Waals surface area contributed by atoms with Crippen molar-refractivity contribution in [2.45, 2.75) is 6.10 Å². The van der Waals surface area contributed by atoms with E-state index in [2.05, 4.69) is 4.74 Å². The van der Waals surface area contributed by atoms with Crippen molar-refractivity contribution in [3.63, 3.8) is 0 Å². The number of nitrogens with zero attached hydrogens (tertiary/aromatic N) is 2. The first kappa shape index (κ1) is 17.2. The number of aliphatic carboxylic acids is 1. The quantitative estimate of drug-likeness (QED) is 0.628. The summed E-state index contributed by atoms with van der Waals surface area (Å²) in [7, 11) is 2.70. The fraction of sp³-hybridized carbons (Fsp3) is 0.750. The lowest BCUT2D eigenvalue weighted by Crippen LogP contribution is -2.54. The largest absolute Gasteiger partial charge is 0.480 e. The summed E-state index contributed by atoms with van der Waals surface area (Å²) in [6, 6.07) is -0.466. The minimum atomic E-state index is -1.11. The standard InChI is InChI=1S/C12H20N2O7/c1-19-5-3-14(8-10(15)16)12(18)13-4-6-21-9(7-13)11(17)20-2/h9H,3-8H2,1-2H3,(H,15,16). The number of amides is 2. The average molecular weight is 304 g/mol. The van der Waals surface area contributed by atoms with E-state index < -0.39 is 30.6 Å². The summed E-state index contributed by atoms with van der Waals surface area (Å²) in [5.74, 6) is -1.67. The molecule has 0 aromatic carbocycles. The molecule has 0 radical (unpaired) electrons. The topological polar surface area (TPSA) is 106 Å². The molecule has 1 rings (SSSR count). The highest BCUT2D eigenvalue weighted by atomic mass is 16.6. The van der Waals surface area contributed by atoms with Crippen molar-refractivity contribution in [1.29, 1.82) is 0 Å². The number of hydrogen-bond donors (Lipinski definition) is 1. The van der Waals surface area contributed by atoms with Gasteiger partial charge in [0.1, 0.15) is 6.54 Å². The van der Waals surface area contributed by atoms with Crippen LogP contribution in [0.2, 0.25) is 0 Å². The summed E-state index contributed by atoms with van der Waals surface area (Å²) in [6.07, 6.45) is -0.846. The Morgan fingerprint density at radius 3 is 2.67 bits per heavy atom. The zero-order valence-corrected chi connectivity index (χ0v) is 12.1. The van der Waals surface area contributed by atoms with Crippen molar-refractivity contribution in [3.8, 4) is 0 Å². The SMILES string of the molecule is COCCN(CC(=O)O)C(=O)N1CCOC(C(=O)OC)C1. The number of morpholine rings is 1. The van der Waals surface area contributed by atoms with Gasteiger partial charge in [0.25, 0.3) is 0 Å². The number of carbonyl (C=O) groups is 3. The summed E-state index contributed by atoms with van der Waals surface area (Å²) < 4.78 is 14.7. The van der Waals surface area contributed by atoms with Gasteiger partial charge in [-0.2, -0.15) is 0 Å². The number of urea groups is 1. The Bertz CT molecular complexity index is 388. The van der Waals surface area contributed by atoms with E-state index in [4.69, 9.17) is 14.6 Å². The van der Waals surface area contributed by atoms with Crippen LogP contribution in [0.4, 0.5) is 4.79 Å². The molecule has 0 saturated carbocycles.